The summed E-state index contributed by atoms with van der Waals surface area (Å²) < 4.78 is 0. The monoisotopic (exact) mass is 345 g/mol. The lowest BCUT2D eigenvalue weighted by atomic mass is 9.53. The normalized spacial score (nSPS) is 34.4. The Labute approximate surface area is 147 Å². The van der Waals surface area contributed by atoms with E-state index in [2.05, 4.69) is 10.3 Å². The summed E-state index contributed by atoms with van der Waals surface area (Å²) in [5.41, 5.74) is 7.03. The van der Waals surface area contributed by atoms with Crippen molar-refractivity contribution in [3.63, 3.8) is 0 Å². The third-order valence-corrected chi connectivity index (χ3v) is 6.21. The SMILES string of the molecule is NC(CCl)=Nc1cccc(C(=O)NC23CC4CC(CC(C4)C2)C3)c1. The van der Waals surface area contributed by atoms with Crippen molar-refractivity contribution in [1.82, 2.24) is 5.32 Å². The van der Waals surface area contributed by atoms with Gasteiger partial charge in [0.25, 0.3) is 5.91 Å². The van der Waals surface area contributed by atoms with Crippen molar-refractivity contribution in [2.45, 2.75) is 44.1 Å². The molecule has 5 rings (SSSR count). The summed E-state index contributed by atoms with van der Waals surface area (Å²) in [6, 6.07) is 7.30. The molecular weight excluding hydrogens is 322 g/mol. The molecule has 24 heavy (non-hydrogen) atoms. The number of amidine groups is 1. The quantitative estimate of drug-likeness (QED) is 0.497. The van der Waals surface area contributed by atoms with Gasteiger partial charge in [0, 0.05) is 11.1 Å². The van der Waals surface area contributed by atoms with E-state index in [-0.39, 0.29) is 17.3 Å². The summed E-state index contributed by atoms with van der Waals surface area (Å²) in [6.45, 7) is 0. The first-order valence-electron chi connectivity index (χ1n) is 8.87. The highest BCUT2D eigenvalue weighted by molar-refractivity contribution is 6.28. The molecule has 3 N–H and O–H groups in total. The summed E-state index contributed by atoms with van der Waals surface area (Å²) in [4.78, 5) is 17.0. The highest BCUT2D eigenvalue weighted by atomic mass is 35.5. The van der Waals surface area contributed by atoms with Gasteiger partial charge in [0.2, 0.25) is 0 Å². The predicted molar refractivity (Wildman–Crippen MR) is 96.8 cm³/mol. The fraction of sp³-hybridized carbons (Fsp3) is 0.579. The van der Waals surface area contributed by atoms with Crippen LogP contribution in [0.4, 0.5) is 5.69 Å². The molecule has 4 aliphatic carbocycles. The van der Waals surface area contributed by atoms with E-state index in [9.17, 15) is 4.79 Å². The molecule has 0 heterocycles. The van der Waals surface area contributed by atoms with E-state index in [1.54, 1.807) is 6.07 Å². The zero-order chi connectivity index (χ0) is 16.7. The van der Waals surface area contributed by atoms with Crippen molar-refractivity contribution in [1.29, 1.82) is 0 Å². The summed E-state index contributed by atoms with van der Waals surface area (Å²) in [5, 5.41) is 3.39. The van der Waals surface area contributed by atoms with E-state index >= 15 is 0 Å². The Morgan fingerprint density at radius 1 is 1.21 bits per heavy atom. The van der Waals surface area contributed by atoms with Crippen molar-refractivity contribution < 1.29 is 4.79 Å². The summed E-state index contributed by atoms with van der Waals surface area (Å²) in [5.74, 6) is 3.00. The fourth-order valence-corrected chi connectivity index (χ4v) is 5.55. The lowest BCUT2D eigenvalue weighted by molar-refractivity contribution is -0.0167. The van der Waals surface area contributed by atoms with E-state index in [1.807, 2.05) is 18.2 Å². The molecule has 1 amide bonds. The van der Waals surface area contributed by atoms with Crippen LogP contribution >= 0.6 is 11.6 Å². The molecule has 0 radical (unpaired) electrons. The molecule has 0 aromatic heterocycles. The number of rotatable bonds is 4. The molecule has 4 aliphatic rings. The predicted octanol–water partition coefficient (Wildman–Crippen LogP) is 3.61. The minimum atomic E-state index is 0.0124. The van der Waals surface area contributed by atoms with Crippen molar-refractivity contribution >= 4 is 29.0 Å². The van der Waals surface area contributed by atoms with E-state index in [4.69, 9.17) is 17.3 Å². The van der Waals surface area contributed by atoms with E-state index in [0.29, 0.717) is 17.1 Å². The minimum absolute atomic E-state index is 0.0124. The number of carbonyl (C=O) groups is 1. The Hall–Kier alpha value is -1.55. The van der Waals surface area contributed by atoms with Gasteiger partial charge in [0.1, 0.15) is 5.84 Å². The number of nitrogens with two attached hydrogens (primary N) is 1. The van der Waals surface area contributed by atoms with Crippen LogP contribution in [0.3, 0.4) is 0 Å². The van der Waals surface area contributed by atoms with E-state index in [0.717, 1.165) is 37.0 Å². The second-order valence-electron chi connectivity index (χ2n) is 7.94. The van der Waals surface area contributed by atoms with Gasteiger partial charge in [-0.1, -0.05) is 6.07 Å². The molecule has 4 nitrogen and oxygen atoms in total. The molecule has 1 aromatic rings. The van der Waals surface area contributed by atoms with Crippen molar-refractivity contribution in [3.05, 3.63) is 29.8 Å². The highest BCUT2D eigenvalue weighted by Crippen LogP contribution is 2.55. The Kier molecular flexibility index (Phi) is 4.03. The van der Waals surface area contributed by atoms with Crippen LogP contribution in [0.15, 0.2) is 29.3 Å². The van der Waals surface area contributed by atoms with Crippen LogP contribution in [0.1, 0.15) is 48.9 Å². The first-order chi connectivity index (χ1) is 11.5. The number of aliphatic imine (C=N–C) groups is 1. The highest BCUT2D eigenvalue weighted by Gasteiger charge is 2.51. The molecule has 4 bridgehead atoms. The van der Waals surface area contributed by atoms with Crippen LogP contribution < -0.4 is 11.1 Å². The van der Waals surface area contributed by atoms with Crippen LogP contribution in [0.5, 0.6) is 0 Å². The van der Waals surface area contributed by atoms with Crippen molar-refractivity contribution in [3.8, 4) is 0 Å². The lowest BCUT2D eigenvalue weighted by Crippen LogP contribution is -2.59. The van der Waals surface area contributed by atoms with Crippen LogP contribution in [0, 0.1) is 17.8 Å². The summed E-state index contributed by atoms with van der Waals surface area (Å²) >= 11 is 5.67. The standard InChI is InChI=1S/C19H24ClN3O/c20-11-17(21)22-16-3-1-2-15(7-16)18(24)23-19-8-12-4-13(9-19)6-14(5-12)10-19/h1-3,7,12-14H,4-6,8-11H2,(H2,21,22)(H,23,24). The number of hydrogen-bond donors (Lipinski definition) is 2. The minimum Gasteiger partial charge on any atom is -0.386 e. The van der Waals surface area contributed by atoms with Gasteiger partial charge >= 0.3 is 0 Å². The molecule has 0 aliphatic heterocycles. The van der Waals surface area contributed by atoms with Gasteiger partial charge in [-0.05, 0) is 74.5 Å². The van der Waals surface area contributed by atoms with E-state index < -0.39 is 0 Å². The van der Waals surface area contributed by atoms with Gasteiger partial charge in [-0.3, -0.25) is 4.79 Å². The molecule has 0 unspecified atom stereocenters. The van der Waals surface area contributed by atoms with Gasteiger partial charge in [-0.2, -0.15) is 0 Å². The Bertz CT molecular complexity index is 650. The number of amides is 1. The second-order valence-corrected chi connectivity index (χ2v) is 8.21. The number of alkyl halides is 1. The topological polar surface area (TPSA) is 67.5 Å². The zero-order valence-electron chi connectivity index (χ0n) is 13.8. The lowest BCUT2D eigenvalue weighted by Gasteiger charge is -2.56. The Morgan fingerprint density at radius 3 is 2.42 bits per heavy atom. The molecule has 5 heteroatoms. The average molecular weight is 346 g/mol. The Balaban J connectivity index is 1.52. The smallest absolute Gasteiger partial charge is 0.251 e. The molecule has 4 saturated carbocycles. The van der Waals surface area contributed by atoms with Gasteiger partial charge < -0.3 is 11.1 Å². The van der Waals surface area contributed by atoms with Gasteiger partial charge in [-0.25, -0.2) is 4.99 Å². The summed E-state index contributed by atoms with van der Waals surface area (Å²) in [7, 11) is 0. The molecule has 4 fully saturated rings. The van der Waals surface area contributed by atoms with E-state index in [1.165, 1.54) is 19.3 Å². The van der Waals surface area contributed by atoms with Crippen LogP contribution in [-0.4, -0.2) is 23.2 Å². The molecule has 128 valence electrons. The third-order valence-electron chi connectivity index (χ3n) is 5.93. The first-order valence-corrected chi connectivity index (χ1v) is 9.40. The maximum absolute atomic E-state index is 12.8. The van der Waals surface area contributed by atoms with Crippen molar-refractivity contribution in [2.24, 2.45) is 28.5 Å². The van der Waals surface area contributed by atoms with Gasteiger partial charge in [-0.15, -0.1) is 11.6 Å². The number of benzene rings is 1. The third kappa shape index (κ3) is 3.04. The van der Waals surface area contributed by atoms with Crippen LogP contribution in [0.2, 0.25) is 0 Å². The maximum atomic E-state index is 12.8. The average Bonchev–Trinajstić information content (AvgIpc) is 2.53. The van der Waals surface area contributed by atoms with Crippen molar-refractivity contribution in [2.75, 3.05) is 5.88 Å². The fourth-order valence-electron chi connectivity index (χ4n) is 5.49. The first kappa shape index (κ1) is 15.9. The summed E-state index contributed by atoms with van der Waals surface area (Å²) in [6.07, 6.45) is 7.58. The Morgan fingerprint density at radius 2 is 1.83 bits per heavy atom. The second kappa shape index (κ2) is 6.07. The number of nitrogens with one attached hydrogen (secondary N) is 1. The number of carbonyl (C=O) groups excluding carboxylic acids is 1. The maximum Gasteiger partial charge on any atom is 0.251 e. The van der Waals surface area contributed by atoms with Gasteiger partial charge in [0.05, 0.1) is 11.6 Å². The molecular formula is C19H24ClN3O. The molecule has 0 spiro atoms. The number of hydrogen-bond acceptors (Lipinski definition) is 2. The largest absolute Gasteiger partial charge is 0.386 e. The molecule has 1 aromatic carbocycles. The zero-order valence-corrected chi connectivity index (χ0v) is 14.6. The number of nitrogens with zero attached hydrogens (tertiary/aromatic N) is 1. The van der Waals surface area contributed by atoms with Crippen LogP contribution in [0.25, 0.3) is 0 Å². The number of halogens is 1. The molecule has 0 atom stereocenters. The molecule has 0 saturated heterocycles. The van der Waals surface area contributed by atoms with Crippen LogP contribution in [-0.2, 0) is 0 Å². The van der Waals surface area contributed by atoms with Gasteiger partial charge in [0.15, 0.2) is 0 Å².